The maximum atomic E-state index is 12.8. The van der Waals surface area contributed by atoms with Gasteiger partial charge in [-0.1, -0.05) is 114 Å². The van der Waals surface area contributed by atoms with Crippen molar-refractivity contribution in [1.82, 2.24) is 0 Å². The van der Waals surface area contributed by atoms with Gasteiger partial charge in [-0.05, 0) is 23.1 Å². The fourth-order valence-electron chi connectivity index (χ4n) is 2.15. The van der Waals surface area contributed by atoms with Crippen molar-refractivity contribution in [2.45, 2.75) is 104 Å². The minimum Gasteiger partial charge on any atom is -0.424 e. The van der Waals surface area contributed by atoms with Crippen LogP contribution in [0.4, 0.5) is 26.3 Å². The molecule has 0 bridgehead atoms. The van der Waals surface area contributed by atoms with Crippen LogP contribution >= 0.6 is 0 Å². The summed E-state index contributed by atoms with van der Waals surface area (Å²) in [5.74, 6) is 0. The standard InChI is InChI=1S/C11H13F3.C9H8F3.CH3O2S.8CH4.Rf/c1-2-3-8-4-6-9(7-5-8)10(12)11(13)14;1-6-2-4-7(5-3-6)8(10)9(11)12;1-4(2)3;;;;;;;;;/h4-7,10-11H,2-3H2,1H3;2-5,8-9H,1H2;1H3;8*1H4;/q;2*-1;;;;;;;;;. The Labute approximate surface area is 233 Å². The molecule has 236 valence electrons. The summed E-state index contributed by atoms with van der Waals surface area (Å²) < 4.78 is 91.1. The van der Waals surface area contributed by atoms with Gasteiger partial charge in [-0.15, -0.1) is 12.1 Å². The van der Waals surface area contributed by atoms with Crippen LogP contribution in [0.5, 0.6) is 0 Å². The van der Waals surface area contributed by atoms with Gasteiger partial charge in [0, 0.05) is 0 Å². The van der Waals surface area contributed by atoms with Crippen molar-refractivity contribution in [3.8, 4) is 0 Å². The Morgan fingerprint density at radius 1 is 0.641 bits per heavy atom. The van der Waals surface area contributed by atoms with Gasteiger partial charge in [0.05, 0.1) is 0 Å². The Morgan fingerprint density at radius 2 is 0.897 bits per heavy atom. The van der Waals surface area contributed by atoms with Gasteiger partial charge in [-0.3, -0.25) is 0 Å². The van der Waals surface area contributed by atoms with Gasteiger partial charge in [-0.2, -0.15) is 24.6 Å². The smallest absolute Gasteiger partial charge is 0.273 e. The molecule has 0 spiro atoms. The molecule has 0 N–H and O–H groups in total. The molecular formula is C29H56F6O2RfS-2. The average molecular weight is 850 g/mol. The number of halogens is 6. The van der Waals surface area contributed by atoms with E-state index in [9.17, 15) is 26.3 Å². The van der Waals surface area contributed by atoms with Crippen LogP contribution in [0.15, 0.2) is 48.5 Å². The van der Waals surface area contributed by atoms with Crippen molar-refractivity contribution in [3.63, 3.8) is 0 Å². The first kappa shape index (κ1) is 65.2. The number of hydrogen-bond donors (Lipinski definition) is 0. The van der Waals surface area contributed by atoms with E-state index < -0.39 is 35.9 Å². The molecule has 0 heterocycles. The second kappa shape index (κ2) is 34.8. The molecule has 0 amide bonds. The SMILES string of the molecule is C.C.C.C.C.C.C.C.CCCc1ccc(C(F)C(F)F)cc1.C[S-](=O)=O.[CH2-]c1ccc(C(F)C(F)F)cc1.[Rf]. The normalized spacial score (nSPS) is 9.72. The van der Waals surface area contributed by atoms with Crippen molar-refractivity contribution in [3.05, 3.63) is 77.7 Å². The fraction of sp³-hybridized carbons (Fsp3) is 0.552. The number of alkyl halides is 6. The van der Waals surface area contributed by atoms with E-state index in [4.69, 9.17) is 8.42 Å². The van der Waals surface area contributed by atoms with E-state index in [2.05, 4.69) is 6.92 Å². The first-order chi connectivity index (χ1) is 14.0. The summed E-state index contributed by atoms with van der Waals surface area (Å²) in [5.41, 5.74) is 1.79. The van der Waals surface area contributed by atoms with Crippen LogP contribution in [0.3, 0.4) is 0 Å². The zero-order chi connectivity index (χ0) is 23.3. The van der Waals surface area contributed by atoms with Crippen molar-refractivity contribution in [1.29, 1.82) is 0 Å². The Kier molecular flexibility index (Phi) is 58.2. The van der Waals surface area contributed by atoms with E-state index in [1.807, 2.05) is 6.92 Å². The zero-order valence-electron chi connectivity index (χ0n) is 17.2. The number of benzene rings is 2. The van der Waals surface area contributed by atoms with Gasteiger partial charge in [0.2, 0.25) is 0 Å². The summed E-state index contributed by atoms with van der Waals surface area (Å²) in [6, 6.07) is 11.9. The third-order valence-corrected chi connectivity index (χ3v) is 3.58. The summed E-state index contributed by atoms with van der Waals surface area (Å²) in [5, 5.41) is 0. The second-order valence-corrected chi connectivity index (χ2v) is 6.91. The minimum atomic E-state index is -2.96. The molecule has 0 radical (unpaired) electrons. The summed E-state index contributed by atoms with van der Waals surface area (Å²) in [7, 11) is -1.86. The summed E-state index contributed by atoms with van der Waals surface area (Å²) in [6.45, 7) is 5.59. The van der Waals surface area contributed by atoms with Crippen LogP contribution in [0.2, 0.25) is 0 Å². The second-order valence-electron chi connectivity index (χ2n) is 6.11. The van der Waals surface area contributed by atoms with Crippen molar-refractivity contribution in [2.24, 2.45) is 0 Å². The quantitative estimate of drug-likeness (QED) is 0.165. The Balaban J connectivity index is -0.0000000395. The molecule has 0 saturated carbocycles. The van der Waals surface area contributed by atoms with E-state index in [1.54, 1.807) is 12.1 Å². The molecule has 2 rings (SSSR count). The number of aryl methyl sites for hydroxylation is 1. The summed E-state index contributed by atoms with van der Waals surface area (Å²) >= 11 is 0. The molecule has 39 heavy (non-hydrogen) atoms. The first-order valence-electron chi connectivity index (χ1n) is 8.85. The van der Waals surface area contributed by atoms with E-state index in [1.165, 1.54) is 36.4 Å². The molecule has 0 saturated heterocycles. The molecular weight excluding hydrogens is 793 g/mol. The number of hydrogen-bond acceptors (Lipinski definition) is 3. The van der Waals surface area contributed by atoms with Crippen LogP contribution in [-0.4, -0.2) is 19.1 Å². The van der Waals surface area contributed by atoms with Gasteiger partial charge in [0.15, 0.2) is 12.3 Å². The van der Waals surface area contributed by atoms with E-state index >= 15 is 0 Å². The Bertz CT molecular complexity index is 779. The molecule has 2 atom stereocenters. The van der Waals surface area contributed by atoms with Crippen LogP contribution in [-0.2, 0) is 25.5 Å². The largest absolute Gasteiger partial charge is 0.424 e. The third kappa shape index (κ3) is 29.3. The van der Waals surface area contributed by atoms with Crippen molar-refractivity contribution >= 4 is 10.7 Å². The van der Waals surface area contributed by atoms with Crippen LogP contribution in [0.1, 0.15) is 107 Å². The third-order valence-electron chi connectivity index (χ3n) is 3.58. The Hall–Kier alpha value is -3.16. The van der Waals surface area contributed by atoms with E-state index in [0.717, 1.165) is 24.7 Å². The predicted molar refractivity (Wildman–Crippen MR) is 160 cm³/mol. The molecule has 2 unspecified atom stereocenters. The molecule has 0 aliphatic rings. The zero-order valence-corrected chi connectivity index (χ0v) is 24.5. The molecule has 2 aromatic carbocycles. The minimum absolute atomic E-state index is 0. The first-order valence-corrected chi connectivity index (χ1v) is 10.3. The molecule has 10 heteroatoms. The molecule has 0 aliphatic carbocycles. The van der Waals surface area contributed by atoms with E-state index in [0.29, 0.717) is 5.56 Å². The van der Waals surface area contributed by atoms with Crippen LogP contribution in [0.25, 0.3) is 0 Å². The average Bonchev–Trinajstić information content (AvgIpc) is 2.68. The summed E-state index contributed by atoms with van der Waals surface area (Å²) in [4.78, 5) is 0. The fourth-order valence-corrected chi connectivity index (χ4v) is 2.15. The van der Waals surface area contributed by atoms with Gasteiger partial charge >= 0.3 is 0 Å². The van der Waals surface area contributed by atoms with Crippen molar-refractivity contribution < 1.29 is 34.8 Å². The maximum Gasteiger partial charge on any atom is 0.273 e. The van der Waals surface area contributed by atoms with E-state index in [-0.39, 0.29) is 70.5 Å². The van der Waals surface area contributed by atoms with Gasteiger partial charge in [0.1, 0.15) is 0 Å². The molecule has 0 fully saturated rings. The summed E-state index contributed by atoms with van der Waals surface area (Å²) in [6.07, 6.45) is -7.27. The molecule has 0 aliphatic heterocycles. The molecule has 2 aromatic rings. The van der Waals surface area contributed by atoms with Crippen molar-refractivity contribution in [2.75, 3.05) is 6.26 Å². The van der Waals surface area contributed by atoms with Gasteiger partial charge in [-0.25, -0.2) is 26.3 Å². The maximum absolute atomic E-state index is 12.8. The van der Waals surface area contributed by atoms with Gasteiger partial charge < -0.3 is 8.42 Å². The van der Waals surface area contributed by atoms with Gasteiger partial charge in [0.25, 0.3) is 12.9 Å². The topological polar surface area (TPSA) is 34.1 Å². The van der Waals surface area contributed by atoms with Crippen LogP contribution < -0.4 is 0 Å². The monoisotopic (exact) mass is 850 g/mol. The molecule has 2 nitrogen and oxygen atoms in total. The van der Waals surface area contributed by atoms with Crippen LogP contribution in [0, 0.1) is 6.92 Å². The predicted octanol–water partition coefficient (Wildman–Crippen LogP) is 12.1. The number of rotatable bonds is 6. The molecule has 0 aromatic heterocycles. The Morgan fingerprint density at radius 3 is 1.13 bits per heavy atom.